The van der Waals surface area contributed by atoms with Crippen molar-refractivity contribution >= 4 is 17.3 Å². The maximum absolute atomic E-state index is 6.21. The topological polar surface area (TPSA) is 44.5 Å². The fourth-order valence-corrected chi connectivity index (χ4v) is 2.44. The molecule has 0 aliphatic carbocycles. The molecule has 1 aromatic rings. The van der Waals surface area contributed by atoms with Crippen LogP contribution in [0.2, 0.25) is 5.02 Å². The molecule has 3 rings (SSSR count). The fraction of sp³-hybridized carbons (Fsp3) is 0.400. The van der Waals surface area contributed by atoms with Gasteiger partial charge in [-0.2, -0.15) is 0 Å². The monoisotopic (exact) mass is 211 g/mol. The molecule has 2 aliphatic rings. The Morgan fingerprint density at radius 1 is 1.00 bits per heavy atom. The molecule has 0 unspecified atom stereocenters. The molecular formula is C10H10ClNO2. The van der Waals surface area contributed by atoms with Crippen molar-refractivity contribution in [3.8, 4) is 11.5 Å². The summed E-state index contributed by atoms with van der Waals surface area (Å²) in [5.41, 5.74) is 8.72. The largest absolute Gasteiger partial charge is 0.491 e. The smallest absolute Gasteiger partial charge is 0.147 e. The third-order valence-electron chi connectivity index (χ3n) is 2.78. The van der Waals surface area contributed by atoms with Crippen molar-refractivity contribution in [2.45, 2.75) is 12.8 Å². The van der Waals surface area contributed by atoms with Gasteiger partial charge in [-0.1, -0.05) is 11.6 Å². The first kappa shape index (κ1) is 8.24. The first-order chi connectivity index (χ1) is 6.79. The van der Waals surface area contributed by atoms with Crippen molar-refractivity contribution in [1.29, 1.82) is 0 Å². The Kier molecular flexibility index (Phi) is 1.59. The summed E-state index contributed by atoms with van der Waals surface area (Å²) in [6, 6.07) is 0. The molecule has 74 valence electrons. The zero-order chi connectivity index (χ0) is 9.71. The zero-order valence-electron chi connectivity index (χ0n) is 7.60. The molecule has 0 saturated heterocycles. The highest BCUT2D eigenvalue weighted by molar-refractivity contribution is 6.33. The third-order valence-corrected chi connectivity index (χ3v) is 3.18. The molecular weight excluding hydrogens is 202 g/mol. The van der Waals surface area contributed by atoms with Crippen LogP contribution in [0.5, 0.6) is 11.5 Å². The molecule has 0 fully saturated rings. The van der Waals surface area contributed by atoms with Crippen molar-refractivity contribution < 1.29 is 9.47 Å². The highest BCUT2D eigenvalue weighted by atomic mass is 35.5. The average Bonchev–Trinajstić information content (AvgIpc) is 2.82. The quantitative estimate of drug-likeness (QED) is 0.666. The van der Waals surface area contributed by atoms with Crippen LogP contribution in [0.25, 0.3) is 0 Å². The molecule has 0 aromatic heterocycles. The average molecular weight is 212 g/mol. The Balaban J connectivity index is 2.33. The van der Waals surface area contributed by atoms with Gasteiger partial charge in [-0.05, 0) is 0 Å². The third kappa shape index (κ3) is 0.879. The lowest BCUT2D eigenvalue weighted by Gasteiger charge is -2.10. The van der Waals surface area contributed by atoms with Crippen LogP contribution in [0.1, 0.15) is 11.1 Å². The van der Waals surface area contributed by atoms with E-state index in [1.54, 1.807) is 0 Å². The van der Waals surface area contributed by atoms with E-state index in [-0.39, 0.29) is 0 Å². The van der Waals surface area contributed by atoms with E-state index in [1.807, 2.05) is 0 Å². The zero-order valence-corrected chi connectivity index (χ0v) is 8.36. The van der Waals surface area contributed by atoms with E-state index in [0.29, 0.717) is 18.2 Å². The minimum absolute atomic E-state index is 0.669. The Hall–Kier alpha value is -1.09. The van der Waals surface area contributed by atoms with Crippen LogP contribution in [-0.2, 0) is 12.8 Å². The minimum atomic E-state index is 0.669. The maximum atomic E-state index is 6.21. The summed E-state index contributed by atoms with van der Waals surface area (Å²) in [5, 5.41) is 0.694. The number of fused-ring (bicyclic) bond motifs is 2. The number of ether oxygens (including phenoxy) is 2. The molecule has 0 atom stereocenters. The standard InChI is InChI=1S/C10H10ClNO2/c11-7-5-1-3-14-10(5)8(12)6-2-4-13-9(6)7/h1-4,12H2. The second kappa shape index (κ2) is 2.70. The van der Waals surface area contributed by atoms with E-state index in [9.17, 15) is 0 Å². The number of hydrogen-bond acceptors (Lipinski definition) is 3. The molecule has 0 radical (unpaired) electrons. The second-order valence-electron chi connectivity index (χ2n) is 3.54. The maximum Gasteiger partial charge on any atom is 0.147 e. The molecule has 0 amide bonds. The summed E-state index contributed by atoms with van der Waals surface area (Å²) in [5.74, 6) is 1.55. The summed E-state index contributed by atoms with van der Waals surface area (Å²) in [4.78, 5) is 0. The summed E-state index contributed by atoms with van der Waals surface area (Å²) in [7, 11) is 0. The molecule has 0 spiro atoms. The van der Waals surface area contributed by atoms with Gasteiger partial charge in [-0.3, -0.25) is 0 Å². The number of rotatable bonds is 0. The van der Waals surface area contributed by atoms with E-state index >= 15 is 0 Å². The van der Waals surface area contributed by atoms with Gasteiger partial charge in [0, 0.05) is 24.0 Å². The van der Waals surface area contributed by atoms with Crippen molar-refractivity contribution in [3.63, 3.8) is 0 Å². The molecule has 14 heavy (non-hydrogen) atoms. The van der Waals surface area contributed by atoms with Crippen molar-refractivity contribution in [2.75, 3.05) is 18.9 Å². The Bertz CT molecular complexity index is 345. The van der Waals surface area contributed by atoms with Gasteiger partial charge < -0.3 is 15.2 Å². The molecule has 2 N–H and O–H groups in total. The van der Waals surface area contributed by atoms with Crippen LogP contribution in [0.3, 0.4) is 0 Å². The van der Waals surface area contributed by atoms with Gasteiger partial charge in [-0.15, -0.1) is 0 Å². The summed E-state index contributed by atoms with van der Waals surface area (Å²) in [6.07, 6.45) is 1.66. The lowest BCUT2D eigenvalue weighted by Crippen LogP contribution is -1.96. The number of nitrogen functional groups attached to an aromatic ring is 1. The molecule has 4 heteroatoms. The van der Waals surface area contributed by atoms with Crippen LogP contribution >= 0.6 is 11.6 Å². The molecule has 2 heterocycles. The highest BCUT2D eigenvalue weighted by Crippen LogP contribution is 2.48. The molecule has 2 aliphatic heterocycles. The van der Waals surface area contributed by atoms with Crippen LogP contribution in [-0.4, -0.2) is 13.2 Å². The Labute approximate surface area is 86.7 Å². The van der Waals surface area contributed by atoms with Crippen LogP contribution in [0.4, 0.5) is 5.69 Å². The predicted octanol–water partition coefficient (Wildman–Crippen LogP) is 1.79. The van der Waals surface area contributed by atoms with Gasteiger partial charge in [0.1, 0.15) is 11.5 Å². The predicted molar refractivity (Wildman–Crippen MR) is 54.3 cm³/mol. The summed E-state index contributed by atoms with van der Waals surface area (Å²) >= 11 is 6.21. The van der Waals surface area contributed by atoms with Gasteiger partial charge in [0.25, 0.3) is 0 Å². The first-order valence-electron chi connectivity index (χ1n) is 4.67. The van der Waals surface area contributed by atoms with E-state index < -0.39 is 0 Å². The van der Waals surface area contributed by atoms with Crippen LogP contribution in [0, 0.1) is 0 Å². The van der Waals surface area contributed by atoms with Crippen molar-refractivity contribution in [1.82, 2.24) is 0 Å². The molecule has 0 bridgehead atoms. The van der Waals surface area contributed by atoms with Gasteiger partial charge in [-0.25, -0.2) is 0 Å². The fourth-order valence-electron chi connectivity index (χ4n) is 2.09. The van der Waals surface area contributed by atoms with Gasteiger partial charge in [0.15, 0.2) is 0 Å². The highest BCUT2D eigenvalue weighted by Gasteiger charge is 2.29. The van der Waals surface area contributed by atoms with E-state index in [2.05, 4.69) is 0 Å². The molecule has 0 saturated carbocycles. The van der Waals surface area contributed by atoms with E-state index in [4.69, 9.17) is 26.8 Å². The summed E-state index contributed by atoms with van der Waals surface area (Å²) in [6.45, 7) is 1.34. The van der Waals surface area contributed by atoms with Gasteiger partial charge >= 0.3 is 0 Å². The second-order valence-corrected chi connectivity index (χ2v) is 3.92. The lowest BCUT2D eigenvalue weighted by molar-refractivity contribution is 0.356. The number of anilines is 1. The van der Waals surface area contributed by atoms with Crippen LogP contribution < -0.4 is 15.2 Å². The number of nitrogens with two attached hydrogens (primary N) is 1. The van der Waals surface area contributed by atoms with Gasteiger partial charge in [0.05, 0.1) is 23.9 Å². The van der Waals surface area contributed by atoms with Crippen molar-refractivity contribution in [3.05, 3.63) is 16.1 Å². The number of halogens is 1. The Morgan fingerprint density at radius 3 is 2.43 bits per heavy atom. The Morgan fingerprint density at radius 2 is 1.64 bits per heavy atom. The first-order valence-corrected chi connectivity index (χ1v) is 5.05. The lowest BCUT2D eigenvalue weighted by atomic mass is 10.0. The number of hydrogen-bond donors (Lipinski definition) is 1. The minimum Gasteiger partial charge on any atom is -0.491 e. The number of benzene rings is 1. The van der Waals surface area contributed by atoms with Crippen molar-refractivity contribution in [2.24, 2.45) is 0 Å². The normalized spacial score (nSPS) is 17.2. The molecule has 3 nitrogen and oxygen atoms in total. The SMILES string of the molecule is Nc1c2c(c(Cl)c3c1OCC3)OCC2. The van der Waals surface area contributed by atoms with E-state index in [1.165, 1.54) is 0 Å². The van der Waals surface area contributed by atoms with Gasteiger partial charge in [0.2, 0.25) is 0 Å². The summed E-state index contributed by atoms with van der Waals surface area (Å²) < 4.78 is 10.9. The molecule has 1 aromatic carbocycles. The van der Waals surface area contributed by atoms with Crippen LogP contribution in [0.15, 0.2) is 0 Å². The van der Waals surface area contributed by atoms with E-state index in [0.717, 1.165) is 41.2 Å².